The minimum absolute atomic E-state index is 0.0757. The molecule has 1 atom stereocenters. The van der Waals surface area contributed by atoms with Gasteiger partial charge in [-0.2, -0.15) is 0 Å². The van der Waals surface area contributed by atoms with Crippen molar-refractivity contribution < 1.29 is 27.1 Å². The molecule has 0 radical (unpaired) electrons. The molecule has 0 bridgehead atoms. The SMILES string of the molecule is CCOc1ccccc1N(CC(=O)N(Cc1ccc(F)cc1)C(Cc1ccccc1)C(=O)NCC(C)C)S(=O)(=O)c1ccc(Cl)cc1. The second-order valence-corrected chi connectivity index (χ2v) is 13.7. The van der Waals surface area contributed by atoms with Gasteiger partial charge in [0.15, 0.2) is 0 Å². The molecule has 0 aliphatic carbocycles. The Morgan fingerprint density at radius 2 is 1.51 bits per heavy atom. The predicted molar refractivity (Wildman–Crippen MR) is 182 cm³/mol. The molecule has 0 aliphatic heterocycles. The highest BCUT2D eigenvalue weighted by atomic mass is 35.5. The molecule has 0 fully saturated rings. The number of hydrogen-bond donors (Lipinski definition) is 1. The van der Waals surface area contributed by atoms with E-state index in [4.69, 9.17) is 16.3 Å². The first kappa shape index (κ1) is 35.4. The van der Waals surface area contributed by atoms with Crippen LogP contribution in [0.3, 0.4) is 0 Å². The Morgan fingerprint density at radius 1 is 0.872 bits per heavy atom. The summed E-state index contributed by atoms with van der Waals surface area (Å²) in [6.07, 6.45) is 0.164. The molecule has 248 valence electrons. The van der Waals surface area contributed by atoms with Crippen molar-refractivity contribution in [3.05, 3.63) is 125 Å². The van der Waals surface area contributed by atoms with Crippen LogP contribution < -0.4 is 14.4 Å². The second-order valence-electron chi connectivity index (χ2n) is 11.4. The largest absolute Gasteiger partial charge is 0.492 e. The number of hydrogen-bond acceptors (Lipinski definition) is 5. The summed E-state index contributed by atoms with van der Waals surface area (Å²) in [6.45, 7) is 5.60. The van der Waals surface area contributed by atoms with Crippen molar-refractivity contribution in [1.82, 2.24) is 10.2 Å². The van der Waals surface area contributed by atoms with Crippen LogP contribution in [0, 0.1) is 11.7 Å². The molecule has 1 N–H and O–H groups in total. The van der Waals surface area contributed by atoms with Gasteiger partial charge in [0, 0.05) is 24.5 Å². The van der Waals surface area contributed by atoms with Gasteiger partial charge in [-0.1, -0.05) is 80.0 Å². The predicted octanol–water partition coefficient (Wildman–Crippen LogP) is 6.49. The first-order valence-corrected chi connectivity index (χ1v) is 17.2. The van der Waals surface area contributed by atoms with Crippen LogP contribution in [-0.2, 0) is 32.6 Å². The summed E-state index contributed by atoms with van der Waals surface area (Å²) in [5.41, 5.74) is 1.53. The van der Waals surface area contributed by atoms with Crippen molar-refractivity contribution in [2.45, 2.75) is 44.7 Å². The van der Waals surface area contributed by atoms with Crippen molar-refractivity contribution in [3.63, 3.8) is 0 Å². The molecule has 8 nitrogen and oxygen atoms in total. The molecule has 0 heterocycles. The number of para-hydroxylation sites is 2. The Hall–Kier alpha value is -4.41. The first-order valence-electron chi connectivity index (χ1n) is 15.3. The number of amides is 2. The van der Waals surface area contributed by atoms with Crippen LogP contribution in [0.4, 0.5) is 10.1 Å². The number of ether oxygens (including phenoxy) is 1. The number of carbonyl (C=O) groups is 2. The Labute approximate surface area is 281 Å². The zero-order chi connectivity index (χ0) is 34.0. The third kappa shape index (κ3) is 9.56. The van der Waals surface area contributed by atoms with Crippen LogP contribution in [0.1, 0.15) is 31.9 Å². The van der Waals surface area contributed by atoms with Gasteiger partial charge >= 0.3 is 0 Å². The monoisotopic (exact) mass is 679 g/mol. The van der Waals surface area contributed by atoms with E-state index in [1.54, 1.807) is 31.2 Å². The summed E-state index contributed by atoms with van der Waals surface area (Å²) in [5, 5.41) is 3.30. The summed E-state index contributed by atoms with van der Waals surface area (Å²) >= 11 is 6.06. The maximum Gasteiger partial charge on any atom is 0.264 e. The maximum atomic E-state index is 14.6. The molecule has 1 unspecified atom stereocenters. The van der Waals surface area contributed by atoms with Gasteiger partial charge in [0.25, 0.3) is 10.0 Å². The van der Waals surface area contributed by atoms with E-state index in [1.807, 2.05) is 44.2 Å². The third-order valence-corrected chi connectivity index (χ3v) is 9.36. The first-order chi connectivity index (χ1) is 22.5. The highest BCUT2D eigenvalue weighted by molar-refractivity contribution is 7.92. The van der Waals surface area contributed by atoms with Gasteiger partial charge in [-0.05, 0) is 72.5 Å². The van der Waals surface area contributed by atoms with Gasteiger partial charge in [0.2, 0.25) is 11.8 Å². The van der Waals surface area contributed by atoms with E-state index in [1.165, 1.54) is 53.4 Å². The van der Waals surface area contributed by atoms with Crippen LogP contribution in [0.5, 0.6) is 5.75 Å². The molecule has 0 saturated heterocycles. The minimum Gasteiger partial charge on any atom is -0.492 e. The lowest BCUT2D eigenvalue weighted by Crippen LogP contribution is -2.53. The summed E-state index contributed by atoms with van der Waals surface area (Å²) in [4.78, 5) is 29.7. The molecule has 47 heavy (non-hydrogen) atoms. The quantitative estimate of drug-likeness (QED) is 0.155. The Kier molecular flexibility index (Phi) is 12.4. The van der Waals surface area contributed by atoms with Crippen LogP contribution in [-0.4, -0.2) is 50.9 Å². The van der Waals surface area contributed by atoms with Crippen molar-refractivity contribution in [1.29, 1.82) is 0 Å². The lowest BCUT2D eigenvalue weighted by atomic mass is 10.0. The van der Waals surface area contributed by atoms with Gasteiger partial charge in [-0.15, -0.1) is 0 Å². The number of anilines is 1. The number of carbonyl (C=O) groups excluding carboxylic acids is 2. The molecule has 4 aromatic carbocycles. The topological polar surface area (TPSA) is 96.0 Å². The smallest absolute Gasteiger partial charge is 0.264 e. The highest BCUT2D eigenvalue weighted by Gasteiger charge is 2.35. The van der Waals surface area contributed by atoms with Crippen molar-refractivity contribution in [2.75, 3.05) is 24.0 Å². The molecule has 0 spiro atoms. The highest BCUT2D eigenvalue weighted by Crippen LogP contribution is 2.33. The maximum absolute atomic E-state index is 14.6. The normalized spacial score (nSPS) is 12.0. The van der Waals surface area contributed by atoms with Gasteiger partial charge in [0.1, 0.15) is 24.2 Å². The molecule has 2 amide bonds. The minimum atomic E-state index is -4.35. The fraction of sp³-hybridized carbons (Fsp3) is 0.278. The Balaban J connectivity index is 1.83. The number of rotatable bonds is 15. The fourth-order valence-corrected chi connectivity index (χ4v) is 6.50. The molecule has 0 aromatic heterocycles. The fourth-order valence-electron chi connectivity index (χ4n) is 4.95. The number of sulfonamides is 1. The molecule has 0 aliphatic rings. The molecular formula is C36H39ClFN3O5S. The third-order valence-electron chi connectivity index (χ3n) is 7.34. The zero-order valence-electron chi connectivity index (χ0n) is 26.6. The molecule has 0 saturated carbocycles. The van der Waals surface area contributed by atoms with Crippen molar-refractivity contribution in [3.8, 4) is 5.75 Å². The molecule has 4 rings (SSSR count). The summed E-state index contributed by atoms with van der Waals surface area (Å²) in [5.74, 6) is -1.07. The average Bonchev–Trinajstić information content (AvgIpc) is 3.06. The molecular weight excluding hydrogens is 641 g/mol. The van der Waals surface area contributed by atoms with Crippen LogP contribution in [0.15, 0.2) is 108 Å². The molecule has 11 heteroatoms. The van der Waals surface area contributed by atoms with Crippen LogP contribution in [0.25, 0.3) is 0 Å². The van der Waals surface area contributed by atoms with Gasteiger partial charge in [-0.3, -0.25) is 13.9 Å². The lowest BCUT2D eigenvalue weighted by Gasteiger charge is -2.34. The van der Waals surface area contributed by atoms with E-state index in [2.05, 4.69) is 5.32 Å². The second kappa shape index (κ2) is 16.4. The van der Waals surface area contributed by atoms with E-state index < -0.39 is 34.3 Å². The van der Waals surface area contributed by atoms with Crippen molar-refractivity contribution in [2.24, 2.45) is 5.92 Å². The number of benzene rings is 4. The number of halogens is 2. The van der Waals surface area contributed by atoms with E-state index in [9.17, 15) is 22.4 Å². The number of nitrogens with zero attached hydrogens (tertiary/aromatic N) is 2. The summed E-state index contributed by atoms with van der Waals surface area (Å²) < 4.78 is 49.2. The Bertz CT molecular complexity index is 1740. The van der Waals surface area contributed by atoms with E-state index in [0.717, 1.165) is 9.87 Å². The van der Waals surface area contributed by atoms with Crippen LogP contribution in [0.2, 0.25) is 5.02 Å². The van der Waals surface area contributed by atoms with E-state index >= 15 is 0 Å². The van der Waals surface area contributed by atoms with Gasteiger partial charge in [-0.25, -0.2) is 12.8 Å². The zero-order valence-corrected chi connectivity index (χ0v) is 28.2. The average molecular weight is 680 g/mol. The standard InChI is InChI=1S/C36H39ClFN3O5S/c1-4-46-34-13-9-8-12-32(34)41(47(44,45)31-20-16-29(37)17-21-31)25-35(42)40(24-28-14-18-30(38)19-15-28)33(36(43)39-23-26(2)3)22-27-10-6-5-7-11-27/h5-21,26,33H,4,22-25H2,1-3H3,(H,39,43). The van der Waals surface area contributed by atoms with Crippen molar-refractivity contribution >= 4 is 39.1 Å². The van der Waals surface area contributed by atoms with E-state index in [0.29, 0.717) is 17.1 Å². The summed E-state index contributed by atoms with van der Waals surface area (Å²) in [6, 6.07) is 26.1. The number of nitrogens with one attached hydrogen (secondary N) is 1. The lowest BCUT2D eigenvalue weighted by molar-refractivity contribution is -0.140. The van der Waals surface area contributed by atoms with E-state index in [-0.39, 0.29) is 47.7 Å². The molecule has 4 aromatic rings. The van der Waals surface area contributed by atoms with Crippen LogP contribution >= 0.6 is 11.6 Å². The summed E-state index contributed by atoms with van der Waals surface area (Å²) in [7, 11) is -4.35. The van der Waals surface area contributed by atoms with Gasteiger partial charge < -0.3 is 15.0 Å². The van der Waals surface area contributed by atoms with Gasteiger partial charge in [0.05, 0.1) is 17.2 Å². The Morgan fingerprint density at radius 3 is 2.15 bits per heavy atom.